The molecule has 1 atom stereocenters. The van der Waals surface area contributed by atoms with Gasteiger partial charge in [0.2, 0.25) is 5.91 Å². The number of halogens is 1. The zero-order chi connectivity index (χ0) is 21.4. The van der Waals surface area contributed by atoms with Crippen molar-refractivity contribution in [3.8, 4) is 5.75 Å². The Morgan fingerprint density at radius 2 is 1.69 bits per heavy atom. The van der Waals surface area contributed by atoms with Crippen LogP contribution in [0.1, 0.15) is 37.0 Å². The van der Waals surface area contributed by atoms with Gasteiger partial charge in [0.15, 0.2) is 6.61 Å². The van der Waals surface area contributed by atoms with Crippen molar-refractivity contribution in [1.82, 2.24) is 10.2 Å². The molecular formula is C23H29FN2O3. The summed E-state index contributed by atoms with van der Waals surface area (Å²) in [7, 11) is 0. The Morgan fingerprint density at radius 1 is 1.07 bits per heavy atom. The number of aryl methyl sites for hydroxylation is 2. The maximum Gasteiger partial charge on any atom is 0.261 e. The number of hydrogen-bond acceptors (Lipinski definition) is 3. The largest absolute Gasteiger partial charge is 0.484 e. The van der Waals surface area contributed by atoms with E-state index in [1.54, 1.807) is 12.1 Å². The van der Waals surface area contributed by atoms with Crippen molar-refractivity contribution in [3.63, 3.8) is 0 Å². The Labute approximate surface area is 171 Å². The van der Waals surface area contributed by atoms with E-state index < -0.39 is 6.04 Å². The zero-order valence-corrected chi connectivity index (χ0v) is 17.5. The highest BCUT2D eigenvalue weighted by molar-refractivity contribution is 5.88. The number of ether oxygens (including phenoxy) is 1. The van der Waals surface area contributed by atoms with Gasteiger partial charge in [0.1, 0.15) is 17.6 Å². The van der Waals surface area contributed by atoms with Crippen LogP contribution >= 0.6 is 0 Å². The molecule has 5 nitrogen and oxygen atoms in total. The lowest BCUT2D eigenvalue weighted by Crippen LogP contribution is -2.50. The van der Waals surface area contributed by atoms with Gasteiger partial charge >= 0.3 is 0 Å². The average Bonchev–Trinajstić information content (AvgIpc) is 2.67. The Balaban J connectivity index is 2.20. The summed E-state index contributed by atoms with van der Waals surface area (Å²) in [4.78, 5) is 27.0. The number of carbonyl (C=O) groups is 2. The van der Waals surface area contributed by atoms with Crippen LogP contribution in [0.25, 0.3) is 0 Å². The van der Waals surface area contributed by atoms with E-state index in [1.807, 2.05) is 45.9 Å². The van der Waals surface area contributed by atoms with Crippen LogP contribution in [0.3, 0.4) is 0 Å². The predicted octanol–water partition coefficient (Wildman–Crippen LogP) is 3.76. The van der Waals surface area contributed by atoms with Gasteiger partial charge in [-0.1, -0.05) is 25.1 Å². The fraction of sp³-hybridized carbons (Fsp3) is 0.391. The fourth-order valence-electron chi connectivity index (χ4n) is 3.24. The molecule has 0 saturated carbocycles. The lowest BCUT2D eigenvalue weighted by molar-refractivity contribution is -0.142. The van der Waals surface area contributed by atoms with Gasteiger partial charge in [-0.3, -0.25) is 9.59 Å². The highest BCUT2D eigenvalue weighted by atomic mass is 19.1. The van der Waals surface area contributed by atoms with Gasteiger partial charge in [-0.2, -0.15) is 0 Å². The van der Waals surface area contributed by atoms with E-state index in [0.717, 1.165) is 16.7 Å². The number of nitrogens with one attached hydrogen (secondary N) is 1. The van der Waals surface area contributed by atoms with Crippen molar-refractivity contribution < 1.29 is 18.7 Å². The summed E-state index contributed by atoms with van der Waals surface area (Å²) in [5, 5.41) is 2.78. The maximum atomic E-state index is 13.2. The highest BCUT2D eigenvalue weighted by Crippen LogP contribution is 2.18. The van der Waals surface area contributed by atoms with Crippen LogP contribution in [0.4, 0.5) is 4.39 Å². The van der Waals surface area contributed by atoms with E-state index in [1.165, 1.54) is 17.0 Å². The third-order valence-electron chi connectivity index (χ3n) is 4.56. The molecule has 29 heavy (non-hydrogen) atoms. The fourth-order valence-corrected chi connectivity index (χ4v) is 3.24. The number of likely N-dealkylation sites (N-methyl/N-ethyl adjacent to an activating group) is 1. The van der Waals surface area contributed by atoms with Crippen molar-refractivity contribution in [2.24, 2.45) is 0 Å². The minimum atomic E-state index is -0.629. The first-order valence-corrected chi connectivity index (χ1v) is 9.86. The monoisotopic (exact) mass is 400 g/mol. The first-order valence-electron chi connectivity index (χ1n) is 9.86. The van der Waals surface area contributed by atoms with Crippen molar-refractivity contribution in [3.05, 3.63) is 65.0 Å². The van der Waals surface area contributed by atoms with E-state index in [2.05, 4.69) is 5.32 Å². The molecule has 1 N–H and O–H groups in total. The molecular weight excluding hydrogens is 371 g/mol. The van der Waals surface area contributed by atoms with E-state index in [0.29, 0.717) is 18.7 Å². The van der Waals surface area contributed by atoms with Crippen molar-refractivity contribution in [2.45, 2.75) is 46.7 Å². The van der Waals surface area contributed by atoms with Gasteiger partial charge in [-0.05, 0) is 68.1 Å². The Bertz CT molecular complexity index is 816. The van der Waals surface area contributed by atoms with E-state index in [-0.39, 0.29) is 30.8 Å². The number of amides is 2. The van der Waals surface area contributed by atoms with Gasteiger partial charge in [-0.15, -0.1) is 0 Å². The van der Waals surface area contributed by atoms with Crippen LogP contribution in [0.15, 0.2) is 42.5 Å². The number of benzene rings is 2. The van der Waals surface area contributed by atoms with Crippen LogP contribution < -0.4 is 10.1 Å². The second-order valence-corrected chi connectivity index (χ2v) is 7.08. The zero-order valence-electron chi connectivity index (χ0n) is 17.5. The van der Waals surface area contributed by atoms with E-state index >= 15 is 0 Å². The number of hydrogen-bond donors (Lipinski definition) is 1. The van der Waals surface area contributed by atoms with Crippen LogP contribution in [-0.2, 0) is 16.1 Å². The second kappa shape index (κ2) is 10.6. The van der Waals surface area contributed by atoms with Crippen molar-refractivity contribution in [2.75, 3.05) is 13.2 Å². The van der Waals surface area contributed by atoms with Gasteiger partial charge in [-0.25, -0.2) is 4.39 Å². The summed E-state index contributed by atoms with van der Waals surface area (Å²) in [6.07, 6.45) is 0.461. The minimum Gasteiger partial charge on any atom is -0.484 e. The van der Waals surface area contributed by atoms with Crippen molar-refractivity contribution >= 4 is 11.8 Å². The molecule has 0 unspecified atom stereocenters. The molecule has 0 aliphatic carbocycles. The van der Waals surface area contributed by atoms with E-state index in [4.69, 9.17) is 4.74 Å². The maximum absolute atomic E-state index is 13.2. The molecule has 156 valence electrons. The van der Waals surface area contributed by atoms with Crippen molar-refractivity contribution in [1.29, 1.82) is 0 Å². The molecule has 0 radical (unpaired) electrons. The first-order chi connectivity index (χ1) is 13.8. The smallest absolute Gasteiger partial charge is 0.261 e. The summed E-state index contributed by atoms with van der Waals surface area (Å²) in [5.74, 6) is -0.243. The third kappa shape index (κ3) is 6.59. The first kappa shape index (κ1) is 22.4. The molecule has 0 aliphatic heterocycles. The number of nitrogens with zero attached hydrogens (tertiary/aromatic N) is 1. The lowest BCUT2D eigenvalue weighted by Gasteiger charge is -2.30. The molecule has 2 aromatic carbocycles. The van der Waals surface area contributed by atoms with Gasteiger partial charge < -0.3 is 15.0 Å². The summed E-state index contributed by atoms with van der Waals surface area (Å²) in [5.41, 5.74) is 2.84. The standard InChI is InChI=1S/C23H29FN2O3/c1-5-21(23(28)25-6-2)26(14-18-7-9-19(24)10-8-18)22(27)15-29-20-12-16(3)11-17(4)13-20/h7-13,21H,5-6,14-15H2,1-4H3,(H,25,28)/t21-/m0/s1. The molecule has 2 rings (SSSR count). The normalized spacial score (nSPS) is 11.6. The number of rotatable bonds is 9. The molecule has 0 spiro atoms. The van der Waals surface area contributed by atoms with Gasteiger partial charge in [0, 0.05) is 13.1 Å². The topological polar surface area (TPSA) is 58.6 Å². The van der Waals surface area contributed by atoms with Crippen LogP contribution in [0, 0.1) is 19.7 Å². The average molecular weight is 400 g/mol. The quantitative estimate of drug-likeness (QED) is 0.697. The van der Waals surface area contributed by atoms with Gasteiger partial charge in [0.05, 0.1) is 0 Å². The molecule has 0 heterocycles. The summed E-state index contributed by atoms with van der Waals surface area (Å²) >= 11 is 0. The highest BCUT2D eigenvalue weighted by Gasteiger charge is 2.28. The number of carbonyl (C=O) groups excluding carboxylic acids is 2. The molecule has 2 aromatic rings. The van der Waals surface area contributed by atoms with E-state index in [9.17, 15) is 14.0 Å². The lowest BCUT2D eigenvalue weighted by atomic mass is 10.1. The molecule has 0 saturated heterocycles. The molecule has 6 heteroatoms. The molecule has 0 bridgehead atoms. The third-order valence-corrected chi connectivity index (χ3v) is 4.56. The van der Waals surface area contributed by atoms with Crippen LogP contribution in [-0.4, -0.2) is 35.9 Å². The Hall–Kier alpha value is -2.89. The predicted molar refractivity (Wildman–Crippen MR) is 111 cm³/mol. The van der Waals surface area contributed by atoms with Crippen LogP contribution in [0.5, 0.6) is 5.75 Å². The van der Waals surface area contributed by atoms with Gasteiger partial charge in [0.25, 0.3) is 5.91 Å². The molecule has 0 aromatic heterocycles. The summed E-state index contributed by atoms with van der Waals surface area (Å²) in [6.45, 7) is 8.11. The Kier molecular flexibility index (Phi) is 8.19. The Morgan fingerprint density at radius 3 is 2.24 bits per heavy atom. The summed E-state index contributed by atoms with van der Waals surface area (Å²) < 4.78 is 19.0. The van der Waals surface area contributed by atoms with Crippen LogP contribution in [0.2, 0.25) is 0 Å². The molecule has 0 fully saturated rings. The summed E-state index contributed by atoms with van der Waals surface area (Å²) in [6, 6.07) is 11.1. The SMILES string of the molecule is CCNC(=O)[C@H](CC)N(Cc1ccc(F)cc1)C(=O)COc1cc(C)cc(C)c1. The molecule has 2 amide bonds. The second-order valence-electron chi connectivity index (χ2n) is 7.08. The minimum absolute atomic E-state index is 0.181. The molecule has 0 aliphatic rings.